The highest BCUT2D eigenvalue weighted by Gasteiger charge is 2.22. The fourth-order valence-corrected chi connectivity index (χ4v) is 3.60. The molecular formula is C19H24N2O5S. The Morgan fingerprint density at radius 3 is 2.22 bits per heavy atom. The summed E-state index contributed by atoms with van der Waals surface area (Å²) in [4.78, 5) is 12.2. The Labute approximate surface area is 160 Å². The van der Waals surface area contributed by atoms with Crippen LogP contribution in [0.1, 0.15) is 13.8 Å². The minimum Gasteiger partial charge on any atom is -0.493 e. The number of nitrogens with zero attached hydrogens (tertiary/aromatic N) is 1. The smallest absolute Gasteiger partial charge is 0.262 e. The molecule has 0 atom stereocenters. The van der Waals surface area contributed by atoms with Crippen molar-refractivity contribution in [1.29, 1.82) is 0 Å². The number of benzene rings is 2. The molecule has 2 aromatic carbocycles. The maximum absolute atomic E-state index is 12.4. The molecule has 0 fully saturated rings. The number of ether oxygens (including phenoxy) is 2. The SMILES string of the molecule is COc1ccccc1OCC(=O)Nc1ccc(S(=O)(=O)N(C)C(C)C)cc1. The Kier molecular flexibility index (Phi) is 6.81. The van der Waals surface area contributed by atoms with Gasteiger partial charge in [0.25, 0.3) is 5.91 Å². The first-order valence-corrected chi connectivity index (χ1v) is 9.83. The van der Waals surface area contributed by atoms with E-state index in [-0.39, 0.29) is 23.5 Å². The van der Waals surface area contributed by atoms with E-state index in [0.29, 0.717) is 17.2 Å². The molecule has 0 saturated carbocycles. The summed E-state index contributed by atoms with van der Waals surface area (Å²) in [6, 6.07) is 12.9. The van der Waals surface area contributed by atoms with E-state index in [1.807, 2.05) is 0 Å². The molecule has 0 saturated heterocycles. The molecule has 0 heterocycles. The van der Waals surface area contributed by atoms with Gasteiger partial charge in [0.2, 0.25) is 10.0 Å². The van der Waals surface area contributed by atoms with Gasteiger partial charge in [0.15, 0.2) is 18.1 Å². The predicted molar refractivity (Wildman–Crippen MR) is 104 cm³/mol. The lowest BCUT2D eigenvalue weighted by molar-refractivity contribution is -0.118. The third-order valence-corrected chi connectivity index (χ3v) is 6.02. The standard InChI is InChI=1S/C19H24N2O5S/c1-14(2)21(3)27(23,24)16-11-9-15(10-12-16)20-19(22)13-26-18-8-6-5-7-17(18)25-4/h5-12,14H,13H2,1-4H3,(H,20,22). The number of carbonyl (C=O) groups excluding carboxylic acids is 1. The summed E-state index contributed by atoms with van der Waals surface area (Å²) < 4.78 is 36.8. The molecule has 0 radical (unpaired) electrons. The Bertz CT molecular complexity index is 879. The fourth-order valence-electron chi connectivity index (χ4n) is 2.23. The number of anilines is 1. The summed E-state index contributed by atoms with van der Waals surface area (Å²) in [6.07, 6.45) is 0. The highest BCUT2D eigenvalue weighted by Crippen LogP contribution is 2.25. The Morgan fingerprint density at radius 2 is 1.67 bits per heavy atom. The molecule has 0 bridgehead atoms. The molecule has 0 aliphatic carbocycles. The van der Waals surface area contributed by atoms with E-state index in [1.54, 1.807) is 50.2 Å². The normalized spacial score (nSPS) is 11.5. The van der Waals surface area contributed by atoms with Crippen LogP contribution in [0, 0.1) is 0 Å². The molecule has 2 aromatic rings. The second kappa shape index (κ2) is 8.88. The molecule has 0 aliphatic rings. The van der Waals surface area contributed by atoms with Gasteiger partial charge in [0, 0.05) is 18.8 Å². The van der Waals surface area contributed by atoms with Crippen LogP contribution >= 0.6 is 0 Å². The zero-order valence-corrected chi connectivity index (χ0v) is 16.6. The van der Waals surface area contributed by atoms with Crippen LogP contribution in [0.3, 0.4) is 0 Å². The summed E-state index contributed by atoms with van der Waals surface area (Å²) in [5.41, 5.74) is 0.481. The lowest BCUT2D eigenvalue weighted by atomic mass is 10.3. The Hall–Kier alpha value is -2.58. The van der Waals surface area contributed by atoms with Gasteiger partial charge in [-0.15, -0.1) is 0 Å². The van der Waals surface area contributed by atoms with Gasteiger partial charge in [-0.3, -0.25) is 4.79 Å². The second-order valence-electron chi connectivity index (χ2n) is 6.13. The lowest BCUT2D eigenvalue weighted by Gasteiger charge is -2.21. The monoisotopic (exact) mass is 392 g/mol. The van der Waals surface area contributed by atoms with Crippen molar-refractivity contribution in [3.63, 3.8) is 0 Å². The highest BCUT2D eigenvalue weighted by molar-refractivity contribution is 7.89. The number of rotatable bonds is 8. The van der Waals surface area contributed by atoms with Crippen LogP contribution in [0.15, 0.2) is 53.4 Å². The van der Waals surface area contributed by atoms with Gasteiger partial charge in [0.1, 0.15) is 0 Å². The van der Waals surface area contributed by atoms with Crippen LogP contribution in [-0.2, 0) is 14.8 Å². The number of para-hydroxylation sites is 2. The fraction of sp³-hybridized carbons (Fsp3) is 0.316. The maximum Gasteiger partial charge on any atom is 0.262 e. The van der Waals surface area contributed by atoms with E-state index in [1.165, 1.54) is 30.6 Å². The van der Waals surface area contributed by atoms with Crippen molar-refractivity contribution in [3.05, 3.63) is 48.5 Å². The van der Waals surface area contributed by atoms with Gasteiger partial charge in [-0.05, 0) is 50.2 Å². The van der Waals surface area contributed by atoms with Crippen LogP contribution < -0.4 is 14.8 Å². The number of hydrogen-bond acceptors (Lipinski definition) is 5. The van der Waals surface area contributed by atoms with Crippen LogP contribution in [0.2, 0.25) is 0 Å². The molecular weight excluding hydrogens is 368 g/mol. The minimum atomic E-state index is -3.56. The van der Waals surface area contributed by atoms with Crippen molar-refractivity contribution in [1.82, 2.24) is 4.31 Å². The zero-order chi connectivity index (χ0) is 20.0. The number of nitrogens with one attached hydrogen (secondary N) is 1. The molecule has 2 rings (SSSR count). The van der Waals surface area contributed by atoms with E-state index < -0.39 is 10.0 Å². The molecule has 146 valence electrons. The van der Waals surface area contributed by atoms with E-state index in [2.05, 4.69) is 5.32 Å². The van der Waals surface area contributed by atoms with Gasteiger partial charge < -0.3 is 14.8 Å². The van der Waals surface area contributed by atoms with Crippen LogP contribution in [0.4, 0.5) is 5.69 Å². The highest BCUT2D eigenvalue weighted by atomic mass is 32.2. The molecule has 0 aliphatic heterocycles. The first-order valence-electron chi connectivity index (χ1n) is 8.39. The van der Waals surface area contributed by atoms with E-state index in [4.69, 9.17) is 9.47 Å². The molecule has 1 amide bonds. The minimum absolute atomic E-state index is 0.151. The number of carbonyl (C=O) groups is 1. The zero-order valence-electron chi connectivity index (χ0n) is 15.8. The van der Waals surface area contributed by atoms with Crippen molar-refractivity contribution in [2.45, 2.75) is 24.8 Å². The number of methoxy groups -OCH3 is 1. The van der Waals surface area contributed by atoms with Gasteiger partial charge in [0.05, 0.1) is 12.0 Å². The van der Waals surface area contributed by atoms with Crippen molar-refractivity contribution in [2.75, 3.05) is 26.1 Å². The topological polar surface area (TPSA) is 84.9 Å². The van der Waals surface area contributed by atoms with E-state index in [9.17, 15) is 13.2 Å². The Morgan fingerprint density at radius 1 is 1.07 bits per heavy atom. The maximum atomic E-state index is 12.4. The summed E-state index contributed by atoms with van der Waals surface area (Å²) in [5.74, 6) is 0.637. The van der Waals surface area contributed by atoms with Gasteiger partial charge in [-0.2, -0.15) is 4.31 Å². The van der Waals surface area contributed by atoms with Gasteiger partial charge >= 0.3 is 0 Å². The molecule has 1 N–H and O–H groups in total. The lowest BCUT2D eigenvalue weighted by Crippen LogP contribution is -2.33. The third-order valence-electron chi connectivity index (χ3n) is 3.97. The summed E-state index contributed by atoms with van der Waals surface area (Å²) in [6.45, 7) is 3.40. The van der Waals surface area contributed by atoms with Crippen molar-refractivity contribution >= 4 is 21.6 Å². The van der Waals surface area contributed by atoms with Crippen molar-refractivity contribution in [2.24, 2.45) is 0 Å². The molecule has 8 heteroatoms. The second-order valence-corrected chi connectivity index (χ2v) is 8.12. The van der Waals surface area contributed by atoms with E-state index in [0.717, 1.165) is 0 Å². The van der Waals surface area contributed by atoms with Crippen LogP contribution in [-0.4, -0.2) is 45.4 Å². The average molecular weight is 392 g/mol. The summed E-state index contributed by atoms with van der Waals surface area (Å²) in [7, 11) is -0.500. The van der Waals surface area contributed by atoms with Crippen molar-refractivity contribution in [3.8, 4) is 11.5 Å². The summed E-state index contributed by atoms with van der Waals surface area (Å²) >= 11 is 0. The quantitative estimate of drug-likeness (QED) is 0.747. The Balaban J connectivity index is 1.99. The molecule has 0 unspecified atom stereocenters. The number of hydrogen-bond donors (Lipinski definition) is 1. The van der Waals surface area contributed by atoms with Crippen LogP contribution in [0.25, 0.3) is 0 Å². The summed E-state index contributed by atoms with van der Waals surface area (Å²) in [5, 5.41) is 2.67. The first-order chi connectivity index (χ1) is 12.8. The number of sulfonamides is 1. The van der Waals surface area contributed by atoms with Crippen molar-refractivity contribution < 1.29 is 22.7 Å². The third kappa shape index (κ3) is 5.21. The van der Waals surface area contributed by atoms with Crippen LogP contribution in [0.5, 0.6) is 11.5 Å². The van der Waals surface area contributed by atoms with Gasteiger partial charge in [-0.1, -0.05) is 12.1 Å². The number of amides is 1. The largest absolute Gasteiger partial charge is 0.493 e. The van der Waals surface area contributed by atoms with Gasteiger partial charge in [-0.25, -0.2) is 8.42 Å². The molecule has 27 heavy (non-hydrogen) atoms. The van der Waals surface area contributed by atoms with E-state index >= 15 is 0 Å². The molecule has 0 spiro atoms. The predicted octanol–water partition coefficient (Wildman–Crippen LogP) is 2.74. The molecule has 7 nitrogen and oxygen atoms in total. The average Bonchev–Trinajstić information content (AvgIpc) is 2.66. The molecule has 0 aromatic heterocycles. The first kappa shape index (κ1) is 20.7.